The first-order valence-corrected chi connectivity index (χ1v) is 16.1. The van der Waals surface area contributed by atoms with E-state index in [0.717, 1.165) is 45.3 Å². The van der Waals surface area contributed by atoms with Crippen LogP contribution in [0.15, 0.2) is 182 Å². The number of esters is 2. The average molecular weight is 657 g/mol. The molecule has 0 heterocycles. The minimum Gasteiger partial charge on any atom is -0.423 e. The zero-order valence-corrected chi connectivity index (χ0v) is 28.0. The third-order valence-electron chi connectivity index (χ3n) is 7.88. The van der Waals surface area contributed by atoms with Crippen molar-refractivity contribution in [2.24, 2.45) is 0 Å². The zero-order chi connectivity index (χ0) is 35.0. The lowest BCUT2D eigenvalue weighted by molar-refractivity contribution is -0.130. The molecule has 0 unspecified atom stereocenters. The van der Waals surface area contributed by atoms with E-state index in [1.807, 2.05) is 97.1 Å². The van der Waals surface area contributed by atoms with Gasteiger partial charge in [-0.2, -0.15) is 0 Å². The van der Waals surface area contributed by atoms with Crippen LogP contribution in [0.1, 0.15) is 13.8 Å². The van der Waals surface area contributed by atoms with Gasteiger partial charge in [0.2, 0.25) is 0 Å². The summed E-state index contributed by atoms with van der Waals surface area (Å²) in [5.74, 6) is -0.0452. The van der Waals surface area contributed by atoms with Crippen LogP contribution in [-0.2, 0) is 9.59 Å². The second-order valence-electron chi connectivity index (χ2n) is 11.8. The highest BCUT2D eigenvalue weighted by atomic mass is 16.5. The van der Waals surface area contributed by atoms with Crippen LogP contribution < -0.4 is 19.3 Å². The van der Waals surface area contributed by atoms with Crippen molar-refractivity contribution in [3.8, 4) is 22.6 Å². The molecule has 6 nitrogen and oxygen atoms in total. The smallest absolute Gasteiger partial charge is 0.338 e. The fourth-order valence-corrected chi connectivity index (χ4v) is 5.41. The van der Waals surface area contributed by atoms with E-state index in [-0.39, 0.29) is 0 Å². The van der Waals surface area contributed by atoms with Gasteiger partial charge >= 0.3 is 11.9 Å². The molecule has 6 heteroatoms. The van der Waals surface area contributed by atoms with Gasteiger partial charge in [0.1, 0.15) is 11.5 Å². The summed E-state index contributed by atoms with van der Waals surface area (Å²) >= 11 is 0. The van der Waals surface area contributed by atoms with Crippen molar-refractivity contribution in [3.63, 3.8) is 0 Å². The number of ether oxygens (including phenoxy) is 2. The van der Waals surface area contributed by atoms with Crippen LogP contribution in [0.2, 0.25) is 0 Å². The molecule has 246 valence electrons. The molecule has 6 aromatic rings. The van der Waals surface area contributed by atoms with E-state index in [9.17, 15) is 9.59 Å². The predicted octanol–water partition coefficient (Wildman–Crippen LogP) is 11.3. The molecule has 0 bridgehead atoms. The van der Waals surface area contributed by atoms with Gasteiger partial charge in [-0.05, 0) is 97.8 Å². The molecule has 0 aliphatic heterocycles. The first kappa shape index (κ1) is 33.2. The molecule has 6 rings (SSSR count). The van der Waals surface area contributed by atoms with Gasteiger partial charge in [0, 0.05) is 57.4 Å². The third-order valence-corrected chi connectivity index (χ3v) is 7.88. The van der Waals surface area contributed by atoms with Crippen molar-refractivity contribution < 1.29 is 19.1 Å². The van der Waals surface area contributed by atoms with Crippen LogP contribution in [0, 0.1) is 0 Å². The Morgan fingerprint density at radius 1 is 0.420 bits per heavy atom. The van der Waals surface area contributed by atoms with E-state index in [1.54, 1.807) is 26.0 Å². The van der Waals surface area contributed by atoms with Gasteiger partial charge in [0.25, 0.3) is 0 Å². The number of nitrogens with zero attached hydrogens (tertiary/aromatic N) is 2. The topological polar surface area (TPSA) is 59.1 Å². The molecule has 0 N–H and O–H groups in total. The molecule has 0 spiro atoms. The number of carbonyl (C=O) groups excluding carboxylic acids is 2. The summed E-state index contributed by atoms with van der Waals surface area (Å²) in [6, 6.07) is 51.7. The van der Waals surface area contributed by atoms with E-state index < -0.39 is 11.9 Å². The number of hydrogen-bond acceptors (Lipinski definition) is 6. The minimum absolute atomic E-state index is 0.336. The Labute approximate surface area is 292 Å². The lowest BCUT2D eigenvalue weighted by Crippen LogP contribution is -2.11. The van der Waals surface area contributed by atoms with Crippen LogP contribution in [-0.4, -0.2) is 11.9 Å². The lowest BCUT2D eigenvalue weighted by atomic mass is 10.0. The number of benzene rings is 6. The normalized spacial score (nSPS) is 10.5. The fraction of sp³-hybridized carbons (Fsp3) is 0.0455. The molecule has 50 heavy (non-hydrogen) atoms. The molecular formula is C44H36N2O4. The second kappa shape index (κ2) is 15.0. The number of carbonyl (C=O) groups is 2. The van der Waals surface area contributed by atoms with E-state index in [1.165, 1.54) is 0 Å². The maximum Gasteiger partial charge on any atom is 0.338 e. The van der Waals surface area contributed by atoms with E-state index in [4.69, 9.17) is 9.47 Å². The lowest BCUT2D eigenvalue weighted by Gasteiger charge is -2.26. The van der Waals surface area contributed by atoms with Crippen molar-refractivity contribution in [2.45, 2.75) is 13.8 Å². The summed E-state index contributed by atoms with van der Waals surface area (Å²) in [6.07, 6.45) is 0. The van der Waals surface area contributed by atoms with Crippen LogP contribution in [0.3, 0.4) is 0 Å². The van der Waals surface area contributed by atoms with E-state index in [2.05, 4.69) is 71.5 Å². The summed E-state index contributed by atoms with van der Waals surface area (Å²) in [6.45, 7) is 10.6. The van der Waals surface area contributed by atoms with Crippen molar-refractivity contribution in [1.29, 1.82) is 0 Å². The Balaban J connectivity index is 1.30. The maximum absolute atomic E-state index is 12.2. The van der Waals surface area contributed by atoms with Crippen molar-refractivity contribution >= 4 is 46.1 Å². The first-order valence-electron chi connectivity index (χ1n) is 16.1. The Hall–Kier alpha value is -6.66. The SMILES string of the molecule is C=C(C)C(=O)Oc1cccc(N(c2ccccc2)c2ccc(-c3ccc(N(c4ccccc4)c4cccc(OC(=O)C(=C)C)c4)cc3)cc2)c1. The fourth-order valence-electron chi connectivity index (χ4n) is 5.41. The summed E-state index contributed by atoms with van der Waals surface area (Å²) in [4.78, 5) is 28.7. The summed E-state index contributed by atoms with van der Waals surface area (Å²) < 4.78 is 11.1. The largest absolute Gasteiger partial charge is 0.423 e. The highest BCUT2D eigenvalue weighted by molar-refractivity contribution is 5.90. The molecule has 0 fully saturated rings. The Bertz CT molecular complexity index is 1990. The standard InChI is InChI=1S/C44H36N2O4/c1-31(2)43(47)49-41-19-11-17-39(29-41)45(35-13-7-5-8-14-35)37-25-21-33(22-26-37)34-23-27-38(28-24-34)46(36-15-9-6-10-16-36)40-18-12-20-42(30-40)50-44(48)32(3)4/h5-30H,1,3H2,2,4H3. The van der Waals surface area contributed by atoms with Crippen LogP contribution >= 0.6 is 0 Å². The quantitative estimate of drug-likeness (QED) is 0.0786. The van der Waals surface area contributed by atoms with Crippen molar-refractivity contribution in [1.82, 2.24) is 0 Å². The molecule has 0 amide bonds. The second-order valence-corrected chi connectivity index (χ2v) is 11.8. The molecule has 0 radical (unpaired) electrons. The minimum atomic E-state index is -0.465. The Kier molecular flexibility index (Phi) is 10.0. The van der Waals surface area contributed by atoms with Crippen LogP contribution in [0.4, 0.5) is 34.1 Å². The number of rotatable bonds is 11. The molecule has 0 aromatic heterocycles. The zero-order valence-electron chi connectivity index (χ0n) is 28.0. The first-order chi connectivity index (χ1) is 24.3. The highest BCUT2D eigenvalue weighted by Crippen LogP contribution is 2.39. The Morgan fingerprint density at radius 2 is 0.740 bits per heavy atom. The van der Waals surface area contributed by atoms with E-state index in [0.29, 0.717) is 22.6 Å². The summed E-state index contributed by atoms with van der Waals surface area (Å²) in [5.41, 5.74) is 8.30. The molecule has 0 aliphatic carbocycles. The van der Waals surface area contributed by atoms with Gasteiger partial charge in [-0.3, -0.25) is 0 Å². The van der Waals surface area contributed by atoms with Gasteiger partial charge in [0.15, 0.2) is 0 Å². The highest BCUT2D eigenvalue weighted by Gasteiger charge is 2.17. The predicted molar refractivity (Wildman–Crippen MR) is 202 cm³/mol. The van der Waals surface area contributed by atoms with Gasteiger partial charge in [-0.25, -0.2) is 9.59 Å². The molecular weight excluding hydrogens is 620 g/mol. The average Bonchev–Trinajstić information content (AvgIpc) is 3.14. The van der Waals surface area contributed by atoms with Gasteiger partial charge in [-0.1, -0.05) is 86.0 Å². The Morgan fingerprint density at radius 3 is 1.08 bits per heavy atom. The van der Waals surface area contributed by atoms with Gasteiger partial charge < -0.3 is 19.3 Å². The van der Waals surface area contributed by atoms with Crippen LogP contribution in [0.25, 0.3) is 11.1 Å². The van der Waals surface area contributed by atoms with Gasteiger partial charge in [-0.15, -0.1) is 0 Å². The molecule has 6 aromatic carbocycles. The summed E-state index contributed by atoms with van der Waals surface area (Å²) in [7, 11) is 0. The summed E-state index contributed by atoms with van der Waals surface area (Å²) in [5, 5.41) is 0. The number of anilines is 6. The molecule has 0 atom stereocenters. The maximum atomic E-state index is 12.2. The van der Waals surface area contributed by atoms with Gasteiger partial charge in [0.05, 0.1) is 0 Å². The third kappa shape index (κ3) is 7.72. The van der Waals surface area contributed by atoms with Crippen molar-refractivity contribution in [3.05, 3.63) is 182 Å². The van der Waals surface area contributed by atoms with Crippen molar-refractivity contribution in [2.75, 3.05) is 9.80 Å². The molecule has 0 aliphatic rings. The molecule has 0 saturated heterocycles. The number of hydrogen-bond donors (Lipinski definition) is 0. The monoisotopic (exact) mass is 656 g/mol. The van der Waals surface area contributed by atoms with E-state index >= 15 is 0 Å². The molecule has 0 saturated carbocycles. The van der Waals surface area contributed by atoms with Crippen LogP contribution in [0.5, 0.6) is 11.5 Å². The number of para-hydroxylation sites is 2.